The van der Waals surface area contributed by atoms with Crippen molar-refractivity contribution in [1.29, 1.82) is 0 Å². The number of hydrogen-bond acceptors (Lipinski definition) is 5. The number of nitrogens with zero attached hydrogens (tertiary/aromatic N) is 1. The second kappa shape index (κ2) is 6.25. The normalized spacial score (nSPS) is 18.9. The van der Waals surface area contributed by atoms with Crippen LogP contribution in [-0.4, -0.2) is 28.5 Å². The predicted molar refractivity (Wildman–Crippen MR) is 106 cm³/mol. The summed E-state index contributed by atoms with van der Waals surface area (Å²) in [5.41, 5.74) is 2.38. The topological polar surface area (TPSA) is 86.9 Å². The molecule has 2 heterocycles. The lowest BCUT2D eigenvalue weighted by molar-refractivity contribution is 0.0697. The van der Waals surface area contributed by atoms with Crippen LogP contribution in [0.5, 0.6) is 0 Å². The van der Waals surface area contributed by atoms with E-state index < -0.39 is 11.6 Å². The van der Waals surface area contributed by atoms with Crippen LogP contribution in [-0.2, 0) is 0 Å². The molecule has 0 saturated carbocycles. The number of benzene rings is 2. The van der Waals surface area contributed by atoms with Crippen LogP contribution in [0.3, 0.4) is 0 Å². The number of fused-ring (bicyclic) bond motifs is 2. The molecule has 27 heavy (non-hydrogen) atoms. The molecule has 3 aromatic rings. The first-order valence-corrected chi connectivity index (χ1v) is 8.87. The van der Waals surface area contributed by atoms with Crippen LogP contribution in [0.25, 0.3) is 11.0 Å². The zero-order chi connectivity index (χ0) is 19.2. The molecule has 4 rings (SSSR count). The fraction of sp³-hybridized carbons (Fsp3) is 0.238. The minimum atomic E-state index is -0.967. The van der Waals surface area contributed by atoms with Crippen molar-refractivity contribution in [3.05, 3.63) is 59.9 Å². The number of carboxylic acids is 1. The summed E-state index contributed by atoms with van der Waals surface area (Å²) in [5, 5.41) is 17.2. The third-order valence-electron chi connectivity index (χ3n) is 4.57. The highest BCUT2D eigenvalue weighted by atomic mass is 16.4. The van der Waals surface area contributed by atoms with Gasteiger partial charge in [0, 0.05) is 11.4 Å². The molecule has 0 amide bonds. The van der Waals surface area contributed by atoms with Crippen molar-refractivity contribution in [2.75, 3.05) is 5.32 Å². The van der Waals surface area contributed by atoms with Gasteiger partial charge in [0.15, 0.2) is 5.76 Å². The molecule has 1 aliphatic rings. The molecule has 0 fully saturated rings. The Balaban J connectivity index is 1.88. The van der Waals surface area contributed by atoms with E-state index in [1.807, 2.05) is 51.1 Å². The van der Waals surface area contributed by atoms with E-state index in [4.69, 9.17) is 9.41 Å². The van der Waals surface area contributed by atoms with Crippen LogP contribution >= 0.6 is 0 Å². The van der Waals surface area contributed by atoms with Gasteiger partial charge in [0.1, 0.15) is 17.0 Å². The predicted octanol–water partition coefficient (Wildman–Crippen LogP) is 4.39. The summed E-state index contributed by atoms with van der Waals surface area (Å²) in [6.07, 6.45) is 0. The number of furan rings is 1. The van der Waals surface area contributed by atoms with Crippen molar-refractivity contribution >= 4 is 34.0 Å². The maximum absolute atomic E-state index is 11.3. The Morgan fingerprint density at radius 3 is 2.70 bits per heavy atom. The highest BCUT2D eigenvalue weighted by Crippen LogP contribution is 2.36. The van der Waals surface area contributed by atoms with Crippen LogP contribution in [0.2, 0.25) is 0 Å². The van der Waals surface area contributed by atoms with Crippen molar-refractivity contribution in [2.45, 2.75) is 32.5 Å². The maximum atomic E-state index is 11.3. The van der Waals surface area contributed by atoms with Gasteiger partial charge in [-0.15, -0.1) is 0 Å². The Bertz CT molecular complexity index is 1030. The third kappa shape index (κ3) is 3.08. The van der Waals surface area contributed by atoms with Gasteiger partial charge < -0.3 is 14.8 Å². The first-order valence-electron chi connectivity index (χ1n) is 8.87. The number of aromatic carboxylic acids is 1. The monoisotopic (exact) mass is 363 g/mol. The molecule has 0 saturated heterocycles. The average Bonchev–Trinajstić information content (AvgIpc) is 3.03. The fourth-order valence-corrected chi connectivity index (χ4v) is 3.51. The molecule has 138 valence electrons. The van der Waals surface area contributed by atoms with Crippen LogP contribution < -0.4 is 10.6 Å². The maximum Gasteiger partial charge on any atom is 0.335 e. The Morgan fingerprint density at radius 1 is 1.22 bits per heavy atom. The van der Waals surface area contributed by atoms with Gasteiger partial charge in [-0.05, 0) is 51.1 Å². The van der Waals surface area contributed by atoms with E-state index in [-0.39, 0.29) is 11.6 Å². The van der Waals surface area contributed by atoms with Crippen molar-refractivity contribution in [2.24, 2.45) is 4.99 Å². The van der Waals surface area contributed by atoms with Gasteiger partial charge in [-0.2, -0.15) is 0 Å². The molecule has 1 aromatic heterocycles. The lowest BCUT2D eigenvalue weighted by Crippen LogP contribution is -2.59. The van der Waals surface area contributed by atoms with Crippen LogP contribution in [0.15, 0.2) is 57.9 Å². The molecule has 6 nitrogen and oxygen atoms in total. The van der Waals surface area contributed by atoms with E-state index in [0.717, 1.165) is 16.7 Å². The molecule has 2 aromatic carbocycles. The van der Waals surface area contributed by atoms with Gasteiger partial charge in [-0.3, -0.25) is 5.32 Å². The molecule has 1 unspecified atom stereocenters. The Kier molecular flexibility index (Phi) is 4.00. The average molecular weight is 363 g/mol. The molecular weight excluding hydrogens is 342 g/mol. The summed E-state index contributed by atoms with van der Waals surface area (Å²) in [7, 11) is 0. The summed E-state index contributed by atoms with van der Waals surface area (Å²) < 4.78 is 6.06. The largest absolute Gasteiger partial charge is 0.478 e. The van der Waals surface area contributed by atoms with Crippen molar-refractivity contribution in [3.8, 4) is 0 Å². The standard InChI is InChI=1S/C21H21N3O3/c1-12(2)23-21(3)19(18-11-13-6-4-5-7-17(13)27-18)22-15-9-8-14(20(25)26)10-16(15)24-21/h4-12,23-24H,1-3H3,(H,25,26). The highest BCUT2D eigenvalue weighted by molar-refractivity contribution is 6.12. The zero-order valence-electron chi connectivity index (χ0n) is 15.4. The molecule has 3 N–H and O–H groups in total. The van der Waals surface area contributed by atoms with Crippen molar-refractivity contribution in [1.82, 2.24) is 5.32 Å². The molecule has 0 spiro atoms. The number of anilines is 1. The van der Waals surface area contributed by atoms with Crippen LogP contribution in [0.4, 0.5) is 11.4 Å². The van der Waals surface area contributed by atoms with Crippen LogP contribution in [0.1, 0.15) is 36.9 Å². The van der Waals surface area contributed by atoms with E-state index in [2.05, 4.69) is 10.6 Å². The van der Waals surface area contributed by atoms with Crippen LogP contribution in [0, 0.1) is 0 Å². The number of carbonyl (C=O) groups is 1. The first kappa shape index (κ1) is 17.3. The molecule has 6 heteroatoms. The number of carboxylic acid groups (broad SMARTS) is 1. The third-order valence-corrected chi connectivity index (χ3v) is 4.57. The first-order chi connectivity index (χ1) is 12.9. The van der Waals surface area contributed by atoms with Gasteiger partial charge in [0.05, 0.1) is 16.9 Å². The highest BCUT2D eigenvalue weighted by Gasteiger charge is 2.38. The van der Waals surface area contributed by atoms with E-state index in [0.29, 0.717) is 17.1 Å². The van der Waals surface area contributed by atoms with Gasteiger partial charge in [-0.25, -0.2) is 9.79 Å². The van der Waals surface area contributed by atoms with Gasteiger partial charge >= 0.3 is 5.97 Å². The Labute approximate surface area is 156 Å². The smallest absolute Gasteiger partial charge is 0.335 e. The molecule has 0 aliphatic carbocycles. The molecule has 0 radical (unpaired) electrons. The quantitative estimate of drug-likeness (QED) is 0.640. The minimum absolute atomic E-state index is 0.168. The number of hydrogen-bond donors (Lipinski definition) is 3. The second-order valence-electron chi connectivity index (χ2n) is 7.20. The summed E-state index contributed by atoms with van der Waals surface area (Å²) >= 11 is 0. The Hall–Kier alpha value is -3.12. The van der Waals surface area contributed by atoms with Crippen molar-refractivity contribution < 1.29 is 14.3 Å². The van der Waals surface area contributed by atoms with E-state index in [1.54, 1.807) is 18.2 Å². The molecule has 1 aliphatic heterocycles. The van der Waals surface area contributed by atoms with Crippen molar-refractivity contribution in [3.63, 3.8) is 0 Å². The van der Waals surface area contributed by atoms with Gasteiger partial charge in [0.25, 0.3) is 0 Å². The summed E-state index contributed by atoms with van der Waals surface area (Å²) in [6, 6.07) is 14.9. The van der Waals surface area contributed by atoms with Gasteiger partial charge in [-0.1, -0.05) is 18.2 Å². The molecule has 0 bridgehead atoms. The van der Waals surface area contributed by atoms with E-state index in [1.165, 1.54) is 0 Å². The Morgan fingerprint density at radius 2 is 2.00 bits per heavy atom. The number of para-hydroxylation sites is 1. The molecule has 1 atom stereocenters. The number of nitrogens with one attached hydrogen (secondary N) is 2. The van der Waals surface area contributed by atoms with E-state index in [9.17, 15) is 9.90 Å². The summed E-state index contributed by atoms with van der Waals surface area (Å²) in [6.45, 7) is 6.08. The van der Waals surface area contributed by atoms with Gasteiger partial charge in [0.2, 0.25) is 0 Å². The summed E-state index contributed by atoms with van der Waals surface area (Å²) in [5.74, 6) is -0.294. The van der Waals surface area contributed by atoms with E-state index >= 15 is 0 Å². The zero-order valence-corrected chi connectivity index (χ0v) is 15.4. The SMILES string of the molecule is CC(C)NC1(C)Nc2cc(C(=O)O)ccc2N=C1c1cc2ccccc2o1. The fourth-order valence-electron chi connectivity index (χ4n) is 3.51. The summed E-state index contributed by atoms with van der Waals surface area (Å²) in [4.78, 5) is 16.1. The minimum Gasteiger partial charge on any atom is -0.478 e. The number of rotatable bonds is 4. The second-order valence-corrected chi connectivity index (χ2v) is 7.20. The lowest BCUT2D eigenvalue weighted by Gasteiger charge is -2.38. The lowest BCUT2D eigenvalue weighted by atomic mass is 9.98. The number of aliphatic imine (C=N–C) groups is 1. The molecular formula is C21H21N3O3.